The Kier molecular flexibility index (Phi) is 4.02. The third-order valence-corrected chi connectivity index (χ3v) is 1.21. The molecule has 2 heteroatoms. The van der Waals surface area contributed by atoms with Crippen molar-refractivity contribution in [3.8, 4) is 0 Å². The van der Waals surface area contributed by atoms with E-state index in [0.29, 0.717) is 6.04 Å². The van der Waals surface area contributed by atoms with Gasteiger partial charge in [-0.25, -0.2) is 0 Å². The summed E-state index contributed by atoms with van der Waals surface area (Å²) in [6.45, 7) is 4.21. The highest BCUT2D eigenvalue weighted by Gasteiger charge is 1.97. The molecule has 0 saturated heterocycles. The fourth-order valence-electron chi connectivity index (χ4n) is 0.512. The second-order valence-corrected chi connectivity index (χ2v) is 4.12. The molecule has 1 unspecified atom stereocenters. The van der Waals surface area contributed by atoms with E-state index >= 15 is 0 Å². The lowest BCUT2D eigenvalue weighted by Crippen LogP contribution is -2.17. The van der Waals surface area contributed by atoms with Crippen LogP contribution in [-0.2, 0) is 0 Å². The standard InChI is InChI=1S/C5H12IN/c1-4(6)3-5(2)7/h4-5H,3,7H2,1-2H3/t4?,5-/m1/s1. The quantitative estimate of drug-likeness (QED) is 0.546. The van der Waals surface area contributed by atoms with Crippen LogP contribution in [0, 0.1) is 0 Å². The third-order valence-electron chi connectivity index (χ3n) is 0.697. The van der Waals surface area contributed by atoms with E-state index in [0.717, 1.165) is 10.3 Å². The van der Waals surface area contributed by atoms with Gasteiger partial charge in [-0.15, -0.1) is 0 Å². The molecule has 0 aliphatic heterocycles. The van der Waals surface area contributed by atoms with Crippen LogP contribution in [0.15, 0.2) is 0 Å². The zero-order valence-corrected chi connectivity index (χ0v) is 6.97. The summed E-state index contributed by atoms with van der Waals surface area (Å²) in [5.74, 6) is 0. The number of hydrogen-bond acceptors (Lipinski definition) is 1. The number of hydrogen-bond donors (Lipinski definition) is 1. The molecule has 0 fully saturated rings. The molecule has 0 radical (unpaired) electrons. The van der Waals surface area contributed by atoms with Gasteiger partial charge in [-0.3, -0.25) is 0 Å². The molecule has 7 heavy (non-hydrogen) atoms. The smallest absolute Gasteiger partial charge is 0.00959 e. The highest BCUT2D eigenvalue weighted by Crippen LogP contribution is 2.04. The van der Waals surface area contributed by atoms with Crippen LogP contribution in [0.25, 0.3) is 0 Å². The van der Waals surface area contributed by atoms with E-state index in [1.165, 1.54) is 0 Å². The second kappa shape index (κ2) is 3.66. The van der Waals surface area contributed by atoms with Crippen molar-refractivity contribution in [2.45, 2.75) is 30.2 Å². The molecule has 0 aliphatic carbocycles. The third kappa shape index (κ3) is 6.69. The number of halogens is 1. The maximum atomic E-state index is 5.49. The molecule has 0 saturated carbocycles. The minimum Gasteiger partial charge on any atom is -0.328 e. The molecular weight excluding hydrogens is 201 g/mol. The van der Waals surface area contributed by atoms with Gasteiger partial charge in [-0.2, -0.15) is 0 Å². The lowest BCUT2D eigenvalue weighted by molar-refractivity contribution is 0.674. The van der Waals surface area contributed by atoms with Gasteiger partial charge in [0.05, 0.1) is 0 Å². The molecule has 0 spiro atoms. The Hall–Kier alpha value is 0.690. The minimum atomic E-state index is 0.367. The number of rotatable bonds is 2. The average molecular weight is 213 g/mol. The predicted octanol–water partition coefficient (Wildman–Crippen LogP) is 1.55. The van der Waals surface area contributed by atoms with E-state index in [4.69, 9.17) is 5.73 Å². The molecular formula is C5H12IN. The van der Waals surface area contributed by atoms with E-state index in [9.17, 15) is 0 Å². The molecule has 0 aromatic carbocycles. The van der Waals surface area contributed by atoms with Crippen LogP contribution in [0.2, 0.25) is 0 Å². The van der Waals surface area contributed by atoms with Crippen LogP contribution in [0.1, 0.15) is 20.3 Å². The van der Waals surface area contributed by atoms with Gasteiger partial charge < -0.3 is 5.73 Å². The Labute approximate surface area is 58.8 Å². The van der Waals surface area contributed by atoms with E-state index in [1.807, 2.05) is 6.92 Å². The molecule has 0 rings (SSSR count). The van der Waals surface area contributed by atoms with Crippen LogP contribution in [-0.4, -0.2) is 9.97 Å². The number of nitrogens with two attached hydrogens (primary N) is 1. The van der Waals surface area contributed by atoms with Crippen LogP contribution >= 0.6 is 22.6 Å². The largest absolute Gasteiger partial charge is 0.328 e. The summed E-state index contributed by atoms with van der Waals surface area (Å²) >= 11 is 2.38. The summed E-state index contributed by atoms with van der Waals surface area (Å²) in [6.07, 6.45) is 1.13. The fraction of sp³-hybridized carbons (Fsp3) is 1.00. The van der Waals surface area contributed by atoms with Crippen LogP contribution in [0.4, 0.5) is 0 Å². The van der Waals surface area contributed by atoms with E-state index in [2.05, 4.69) is 29.5 Å². The molecule has 2 atom stereocenters. The van der Waals surface area contributed by atoms with E-state index in [1.54, 1.807) is 0 Å². The SMILES string of the molecule is CC(I)C[C@@H](C)N. The van der Waals surface area contributed by atoms with Crippen molar-refractivity contribution >= 4 is 22.6 Å². The fourth-order valence-corrected chi connectivity index (χ4v) is 1.31. The Bertz CT molecular complexity index is 37.3. The van der Waals surface area contributed by atoms with Gasteiger partial charge in [0, 0.05) is 9.97 Å². The molecule has 0 heterocycles. The minimum absolute atomic E-state index is 0.367. The first-order valence-electron chi connectivity index (χ1n) is 2.52. The van der Waals surface area contributed by atoms with Crippen molar-refractivity contribution in [1.82, 2.24) is 0 Å². The van der Waals surface area contributed by atoms with Crippen molar-refractivity contribution < 1.29 is 0 Å². The normalized spacial score (nSPS) is 18.9. The Morgan fingerprint density at radius 1 is 1.57 bits per heavy atom. The Balaban J connectivity index is 2.95. The highest BCUT2D eigenvalue weighted by atomic mass is 127. The molecule has 0 amide bonds. The van der Waals surface area contributed by atoms with Gasteiger partial charge in [0.1, 0.15) is 0 Å². The summed E-state index contributed by atoms with van der Waals surface area (Å²) in [5, 5.41) is 0. The first-order chi connectivity index (χ1) is 3.13. The van der Waals surface area contributed by atoms with Crippen LogP contribution < -0.4 is 5.73 Å². The molecule has 0 aromatic rings. The van der Waals surface area contributed by atoms with Gasteiger partial charge in [0.15, 0.2) is 0 Å². The van der Waals surface area contributed by atoms with Crippen molar-refractivity contribution in [3.05, 3.63) is 0 Å². The lowest BCUT2D eigenvalue weighted by atomic mass is 10.2. The highest BCUT2D eigenvalue weighted by molar-refractivity contribution is 14.1. The second-order valence-electron chi connectivity index (χ2n) is 1.99. The van der Waals surface area contributed by atoms with Gasteiger partial charge in [0.2, 0.25) is 0 Å². The Morgan fingerprint density at radius 3 is 2.00 bits per heavy atom. The van der Waals surface area contributed by atoms with Gasteiger partial charge in [-0.1, -0.05) is 29.5 Å². The molecule has 2 N–H and O–H groups in total. The first kappa shape index (κ1) is 7.69. The molecule has 0 bridgehead atoms. The predicted molar refractivity (Wildman–Crippen MR) is 41.7 cm³/mol. The molecule has 1 nitrogen and oxygen atoms in total. The van der Waals surface area contributed by atoms with Gasteiger partial charge in [-0.05, 0) is 13.3 Å². The zero-order chi connectivity index (χ0) is 5.86. The lowest BCUT2D eigenvalue weighted by Gasteiger charge is -2.04. The van der Waals surface area contributed by atoms with Gasteiger partial charge >= 0.3 is 0 Å². The molecule has 44 valence electrons. The van der Waals surface area contributed by atoms with E-state index < -0.39 is 0 Å². The summed E-state index contributed by atoms with van der Waals surface area (Å²) < 4.78 is 0.720. The summed E-state index contributed by atoms with van der Waals surface area (Å²) in [7, 11) is 0. The zero-order valence-electron chi connectivity index (χ0n) is 4.82. The maximum absolute atomic E-state index is 5.49. The van der Waals surface area contributed by atoms with Crippen LogP contribution in [0.5, 0.6) is 0 Å². The van der Waals surface area contributed by atoms with E-state index in [-0.39, 0.29) is 0 Å². The summed E-state index contributed by atoms with van der Waals surface area (Å²) in [6, 6.07) is 0.367. The summed E-state index contributed by atoms with van der Waals surface area (Å²) in [4.78, 5) is 0. The first-order valence-corrected chi connectivity index (χ1v) is 3.77. The molecule has 0 aliphatic rings. The maximum Gasteiger partial charge on any atom is 0.00959 e. The number of alkyl halides is 1. The molecule has 0 aromatic heterocycles. The van der Waals surface area contributed by atoms with Crippen molar-refractivity contribution in [2.75, 3.05) is 0 Å². The average Bonchev–Trinajstić information content (AvgIpc) is 1.27. The van der Waals surface area contributed by atoms with Crippen molar-refractivity contribution in [3.63, 3.8) is 0 Å². The summed E-state index contributed by atoms with van der Waals surface area (Å²) in [5.41, 5.74) is 5.49. The van der Waals surface area contributed by atoms with Crippen molar-refractivity contribution in [2.24, 2.45) is 5.73 Å². The van der Waals surface area contributed by atoms with Gasteiger partial charge in [0.25, 0.3) is 0 Å². The Morgan fingerprint density at radius 2 is 2.00 bits per heavy atom. The topological polar surface area (TPSA) is 26.0 Å². The van der Waals surface area contributed by atoms with Crippen LogP contribution in [0.3, 0.4) is 0 Å². The van der Waals surface area contributed by atoms with Crippen molar-refractivity contribution in [1.29, 1.82) is 0 Å². The monoisotopic (exact) mass is 213 g/mol.